The molecule has 0 saturated carbocycles. The van der Waals surface area contributed by atoms with E-state index in [1.807, 2.05) is 19.2 Å². The second-order valence-corrected chi connectivity index (χ2v) is 7.02. The summed E-state index contributed by atoms with van der Waals surface area (Å²) in [7, 11) is 1.82. The molecule has 3 rings (SSSR count). The maximum Gasteiger partial charge on any atom is 0.222 e. The molecule has 0 bridgehead atoms. The molecule has 24 heavy (non-hydrogen) atoms. The molecule has 5 nitrogen and oxygen atoms in total. The smallest absolute Gasteiger partial charge is 0.222 e. The fourth-order valence-corrected chi connectivity index (χ4v) is 3.59. The molecular weight excluding hydrogens is 302 g/mol. The Balaban J connectivity index is 1.50. The minimum Gasteiger partial charge on any atom is -0.345 e. The van der Waals surface area contributed by atoms with Gasteiger partial charge in [0.05, 0.1) is 0 Å². The van der Waals surface area contributed by atoms with Gasteiger partial charge in [0, 0.05) is 51.0 Å². The van der Waals surface area contributed by atoms with E-state index in [0.717, 1.165) is 38.0 Å². The molecule has 2 N–H and O–H groups in total. The SMILES string of the molecule is CN(CC1CNNC1)C(=O)CCC(=O)c1ccc2c(c1)CCCC2. The highest BCUT2D eigenvalue weighted by Gasteiger charge is 2.20. The van der Waals surface area contributed by atoms with E-state index in [0.29, 0.717) is 18.8 Å². The molecule has 1 heterocycles. The zero-order valence-electron chi connectivity index (χ0n) is 14.4. The molecule has 0 aromatic heterocycles. The van der Waals surface area contributed by atoms with Crippen molar-refractivity contribution in [1.82, 2.24) is 15.8 Å². The van der Waals surface area contributed by atoms with Gasteiger partial charge in [-0.05, 0) is 42.9 Å². The number of hydrazine groups is 1. The lowest BCUT2D eigenvalue weighted by Gasteiger charge is -2.20. The van der Waals surface area contributed by atoms with Crippen LogP contribution in [0, 0.1) is 5.92 Å². The van der Waals surface area contributed by atoms with Gasteiger partial charge in [-0.1, -0.05) is 12.1 Å². The maximum atomic E-state index is 12.4. The van der Waals surface area contributed by atoms with Gasteiger partial charge in [0.1, 0.15) is 0 Å². The number of nitrogens with zero attached hydrogens (tertiary/aromatic N) is 1. The Bertz CT molecular complexity index is 609. The molecule has 1 aliphatic heterocycles. The van der Waals surface area contributed by atoms with Gasteiger partial charge >= 0.3 is 0 Å². The fourth-order valence-electron chi connectivity index (χ4n) is 3.59. The standard InChI is InChI=1S/C19H27N3O2/c1-22(13-14-11-20-21-12-14)19(24)9-8-18(23)17-7-6-15-4-2-3-5-16(15)10-17/h6-7,10,14,20-21H,2-5,8-9,11-13H2,1H3. The summed E-state index contributed by atoms with van der Waals surface area (Å²) in [5, 5.41) is 0. The third kappa shape index (κ3) is 4.22. The van der Waals surface area contributed by atoms with Crippen molar-refractivity contribution < 1.29 is 9.59 Å². The highest BCUT2D eigenvalue weighted by molar-refractivity contribution is 5.98. The lowest BCUT2D eigenvalue weighted by atomic mass is 9.89. The number of fused-ring (bicyclic) bond motifs is 1. The fraction of sp³-hybridized carbons (Fsp3) is 0.579. The van der Waals surface area contributed by atoms with Crippen LogP contribution in [0.2, 0.25) is 0 Å². The second-order valence-electron chi connectivity index (χ2n) is 7.02. The van der Waals surface area contributed by atoms with Gasteiger partial charge in [-0.3, -0.25) is 20.4 Å². The number of ketones is 1. The normalized spacial score (nSPS) is 17.5. The number of nitrogens with one attached hydrogen (secondary N) is 2. The molecule has 0 radical (unpaired) electrons. The van der Waals surface area contributed by atoms with Gasteiger partial charge in [0.25, 0.3) is 0 Å². The van der Waals surface area contributed by atoms with Crippen LogP contribution in [0.1, 0.15) is 47.2 Å². The monoisotopic (exact) mass is 329 g/mol. The van der Waals surface area contributed by atoms with E-state index < -0.39 is 0 Å². The summed E-state index contributed by atoms with van der Waals surface area (Å²) in [5.74, 6) is 0.567. The first-order valence-electron chi connectivity index (χ1n) is 8.98. The Hall–Kier alpha value is -1.72. The van der Waals surface area contributed by atoms with Crippen LogP contribution in [-0.2, 0) is 17.6 Å². The summed E-state index contributed by atoms with van der Waals surface area (Å²) in [5.41, 5.74) is 9.60. The molecule has 1 saturated heterocycles. The van der Waals surface area contributed by atoms with Crippen molar-refractivity contribution in [1.29, 1.82) is 0 Å². The first-order chi connectivity index (χ1) is 11.6. The van der Waals surface area contributed by atoms with Crippen LogP contribution in [0.4, 0.5) is 0 Å². The molecule has 1 aliphatic carbocycles. The van der Waals surface area contributed by atoms with Crippen LogP contribution in [0.25, 0.3) is 0 Å². The number of benzene rings is 1. The van der Waals surface area contributed by atoms with E-state index in [-0.39, 0.29) is 11.7 Å². The van der Waals surface area contributed by atoms with Crippen molar-refractivity contribution in [3.8, 4) is 0 Å². The maximum absolute atomic E-state index is 12.4. The van der Waals surface area contributed by atoms with Crippen LogP contribution < -0.4 is 10.9 Å². The lowest BCUT2D eigenvalue weighted by molar-refractivity contribution is -0.130. The topological polar surface area (TPSA) is 61.4 Å². The third-order valence-electron chi connectivity index (χ3n) is 5.10. The molecule has 2 aliphatic rings. The van der Waals surface area contributed by atoms with Crippen molar-refractivity contribution in [3.63, 3.8) is 0 Å². The molecule has 0 atom stereocenters. The Morgan fingerprint density at radius 2 is 1.79 bits per heavy atom. The van der Waals surface area contributed by atoms with E-state index in [2.05, 4.69) is 16.9 Å². The quantitative estimate of drug-likeness (QED) is 0.780. The Kier molecular flexibility index (Phi) is 5.63. The Morgan fingerprint density at radius 1 is 1.08 bits per heavy atom. The summed E-state index contributed by atoms with van der Waals surface area (Å²) < 4.78 is 0. The van der Waals surface area contributed by atoms with E-state index in [9.17, 15) is 9.59 Å². The van der Waals surface area contributed by atoms with E-state index >= 15 is 0 Å². The number of carbonyl (C=O) groups excluding carboxylic acids is 2. The van der Waals surface area contributed by atoms with Gasteiger partial charge in [0.2, 0.25) is 5.91 Å². The number of amides is 1. The number of hydrogen-bond acceptors (Lipinski definition) is 4. The number of aryl methyl sites for hydroxylation is 2. The Labute approximate surface area is 143 Å². The zero-order chi connectivity index (χ0) is 16.9. The minimum atomic E-state index is 0.0493. The summed E-state index contributed by atoms with van der Waals surface area (Å²) in [4.78, 5) is 26.4. The summed E-state index contributed by atoms with van der Waals surface area (Å²) in [6.45, 7) is 2.49. The van der Waals surface area contributed by atoms with Crippen molar-refractivity contribution in [3.05, 3.63) is 34.9 Å². The van der Waals surface area contributed by atoms with Crippen molar-refractivity contribution in [2.24, 2.45) is 5.92 Å². The van der Waals surface area contributed by atoms with Gasteiger partial charge in [-0.15, -0.1) is 0 Å². The number of carbonyl (C=O) groups is 2. The van der Waals surface area contributed by atoms with E-state index in [1.165, 1.54) is 24.0 Å². The van der Waals surface area contributed by atoms with Crippen LogP contribution in [0.15, 0.2) is 18.2 Å². The van der Waals surface area contributed by atoms with Crippen LogP contribution in [0.5, 0.6) is 0 Å². The molecule has 130 valence electrons. The van der Waals surface area contributed by atoms with Gasteiger partial charge in [-0.2, -0.15) is 0 Å². The highest BCUT2D eigenvalue weighted by atomic mass is 16.2. The average molecular weight is 329 g/mol. The van der Waals surface area contributed by atoms with Crippen LogP contribution in [-0.4, -0.2) is 43.3 Å². The number of rotatable bonds is 6. The van der Waals surface area contributed by atoms with Crippen LogP contribution >= 0.6 is 0 Å². The van der Waals surface area contributed by atoms with E-state index in [4.69, 9.17) is 0 Å². The number of Topliss-reactive ketones (excluding diaryl/α,β-unsaturated/α-hetero) is 1. The molecule has 1 amide bonds. The minimum absolute atomic E-state index is 0.0493. The average Bonchev–Trinajstić information content (AvgIpc) is 3.11. The largest absolute Gasteiger partial charge is 0.345 e. The summed E-state index contributed by atoms with van der Waals surface area (Å²) in [6, 6.07) is 6.06. The zero-order valence-corrected chi connectivity index (χ0v) is 14.4. The van der Waals surface area contributed by atoms with Crippen molar-refractivity contribution in [2.75, 3.05) is 26.7 Å². The molecular formula is C19H27N3O2. The van der Waals surface area contributed by atoms with E-state index in [1.54, 1.807) is 4.90 Å². The second kappa shape index (κ2) is 7.90. The van der Waals surface area contributed by atoms with Crippen LogP contribution in [0.3, 0.4) is 0 Å². The third-order valence-corrected chi connectivity index (χ3v) is 5.10. The van der Waals surface area contributed by atoms with Crippen molar-refractivity contribution in [2.45, 2.75) is 38.5 Å². The lowest BCUT2D eigenvalue weighted by Crippen LogP contribution is -2.33. The molecule has 1 fully saturated rings. The predicted octanol–water partition coefficient (Wildman–Crippen LogP) is 1.71. The first-order valence-corrected chi connectivity index (χ1v) is 8.98. The summed E-state index contributed by atoms with van der Waals surface area (Å²) >= 11 is 0. The molecule has 0 unspecified atom stereocenters. The molecule has 1 aromatic carbocycles. The van der Waals surface area contributed by atoms with Gasteiger partial charge < -0.3 is 4.90 Å². The highest BCUT2D eigenvalue weighted by Crippen LogP contribution is 2.23. The molecule has 0 spiro atoms. The Morgan fingerprint density at radius 3 is 2.54 bits per heavy atom. The summed E-state index contributed by atoms with van der Waals surface area (Å²) in [6.07, 6.45) is 5.23. The van der Waals surface area contributed by atoms with Gasteiger partial charge in [0.15, 0.2) is 5.78 Å². The predicted molar refractivity (Wildman–Crippen MR) is 93.8 cm³/mol. The van der Waals surface area contributed by atoms with Gasteiger partial charge in [-0.25, -0.2) is 0 Å². The molecule has 1 aromatic rings. The van der Waals surface area contributed by atoms with Crippen molar-refractivity contribution >= 4 is 11.7 Å². The molecule has 5 heteroatoms. The number of hydrogen-bond donors (Lipinski definition) is 2. The first kappa shape index (κ1) is 17.1.